The topological polar surface area (TPSA) is 39.3 Å². The number of rotatable bonds is 3. The molecule has 0 spiro atoms. The number of fused-ring (bicyclic) bond motifs is 3. The van der Waals surface area contributed by atoms with Crippen molar-refractivity contribution in [1.82, 2.24) is 14.2 Å². The maximum absolute atomic E-state index is 12.9. The quantitative estimate of drug-likeness (QED) is 0.579. The first kappa shape index (κ1) is 14.7. The third-order valence-corrected chi connectivity index (χ3v) is 4.40. The number of aryl methyl sites for hydroxylation is 2. The molecular formula is C20H19N3O. The summed E-state index contributed by atoms with van der Waals surface area (Å²) in [6, 6.07) is 18.2. The molecule has 0 aliphatic rings. The van der Waals surface area contributed by atoms with E-state index < -0.39 is 0 Å². The second kappa shape index (κ2) is 5.64. The zero-order chi connectivity index (χ0) is 16.7. The Hall–Kier alpha value is -2.88. The zero-order valence-corrected chi connectivity index (χ0v) is 13.9. The Balaban J connectivity index is 1.99. The van der Waals surface area contributed by atoms with Crippen molar-refractivity contribution < 1.29 is 0 Å². The minimum atomic E-state index is -0.0510. The average molecular weight is 317 g/mol. The van der Waals surface area contributed by atoms with Gasteiger partial charge in [-0.25, -0.2) is 4.68 Å². The molecule has 0 atom stereocenters. The van der Waals surface area contributed by atoms with E-state index in [0.717, 1.165) is 28.7 Å². The van der Waals surface area contributed by atoms with Crippen molar-refractivity contribution in [3.63, 3.8) is 0 Å². The van der Waals surface area contributed by atoms with Crippen LogP contribution in [0.3, 0.4) is 0 Å². The number of hydrogen-bond acceptors (Lipinski definition) is 2. The van der Waals surface area contributed by atoms with E-state index in [9.17, 15) is 4.79 Å². The summed E-state index contributed by atoms with van der Waals surface area (Å²) in [6.07, 6.45) is 0.767. The predicted octanol–water partition coefficient (Wildman–Crippen LogP) is 3.57. The van der Waals surface area contributed by atoms with E-state index in [1.54, 1.807) is 4.68 Å². The smallest absolute Gasteiger partial charge is 0.291 e. The number of aromatic nitrogens is 3. The van der Waals surface area contributed by atoms with Gasteiger partial charge in [0, 0.05) is 11.8 Å². The lowest BCUT2D eigenvalue weighted by Gasteiger charge is -2.10. The molecule has 0 bridgehead atoms. The first-order valence-corrected chi connectivity index (χ1v) is 8.23. The molecule has 4 rings (SSSR count). The van der Waals surface area contributed by atoms with Gasteiger partial charge < -0.3 is 0 Å². The lowest BCUT2D eigenvalue weighted by atomic mass is 10.2. The second-order valence-electron chi connectivity index (χ2n) is 6.15. The van der Waals surface area contributed by atoms with Crippen LogP contribution >= 0.6 is 0 Å². The van der Waals surface area contributed by atoms with Crippen LogP contribution in [-0.2, 0) is 13.0 Å². The fourth-order valence-electron chi connectivity index (χ4n) is 3.22. The van der Waals surface area contributed by atoms with E-state index in [2.05, 4.69) is 37.1 Å². The van der Waals surface area contributed by atoms with E-state index in [1.807, 2.05) is 40.8 Å². The third-order valence-electron chi connectivity index (χ3n) is 4.40. The first-order chi connectivity index (χ1) is 11.7. The Bertz CT molecular complexity index is 1090. The lowest BCUT2D eigenvalue weighted by Crippen LogP contribution is -2.27. The van der Waals surface area contributed by atoms with E-state index in [1.165, 1.54) is 5.56 Å². The highest BCUT2D eigenvalue weighted by atomic mass is 16.1. The molecule has 0 aliphatic carbocycles. The van der Waals surface area contributed by atoms with Crippen LogP contribution in [0.5, 0.6) is 0 Å². The van der Waals surface area contributed by atoms with Gasteiger partial charge in [-0.05, 0) is 30.7 Å². The highest BCUT2D eigenvalue weighted by Gasteiger charge is 2.13. The van der Waals surface area contributed by atoms with Crippen LogP contribution in [0.15, 0.2) is 59.4 Å². The van der Waals surface area contributed by atoms with Gasteiger partial charge in [0.25, 0.3) is 5.56 Å². The van der Waals surface area contributed by atoms with Gasteiger partial charge in [0.2, 0.25) is 0 Å². The minimum absolute atomic E-state index is 0.0510. The molecule has 0 unspecified atom stereocenters. The second-order valence-corrected chi connectivity index (χ2v) is 6.15. The Morgan fingerprint density at radius 1 is 1.00 bits per heavy atom. The van der Waals surface area contributed by atoms with Crippen LogP contribution in [0.4, 0.5) is 0 Å². The highest BCUT2D eigenvalue weighted by molar-refractivity contribution is 5.87. The summed E-state index contributed by atoms with van der Waals surface area (Å²) in [6.45, 7) is 4.62. The largest absolute Gasteiger partial charge is 0.291 e. The van der Waals surface area contributed by atoms with Crippen molar-refractivity contribution in [2.24, 2.45) is 0 Å². The highest BCUT2D eigenvalue weighted by Crippen LogP contribution is 2.21. The van der Waals surface area contributed by atoms with Crippen LogP contribution in [0, 0.1) is 6.92 Å². The molecule has 4 nitrogen and oxygen atoms in total. The summed E-state index contributed by atoms with van der Waals surface area (Å²) in [7, 11) is 0. The summed E-state index contributed by atoms with van der Waals surface area (Å²) in [5.74, 6) is 0.902. The van der Waals surface area contributed by atoms with Crippen molar-refractivity contribution in [3.8, 4) is 0 Å². The van der Waals surface area contributed by atoms with Crippen molar-refractivity contribution in [2.45, 2.75) is 26.8 Å². The fourth-order valence-corrected chi connectivity index (χ4v) is 3.22. The first-order valence-electron chi connectivity index (χ1n) is 8.23. The fraction of sp³-hybridized carbons (Fsp3) is 0.200. The molecule has 0 aliphatic heterocycles. The monoisotopic (exact) mass is 317 g/mol. The number of benzene rings is 2. The van der Waals surface area contributed by atoms with E-state index in [4.69, 9.17) is 0 Å². The molecule has 0 saturated heterocycles. The molecule has 2 aromatic heterocycles. The third kappa shape index (κ3) is 2.31. The van der Waals surface area contributed by atoms with Gasteiger partial charge in [-0.15, -0.1) is 0 Å². The normalized spacial score (nSPS) is 11.4. The summed E-state index contributed by atoms with van der Waals surface area (Å²) < 4.78 is 3.58. The van der Waals surface area contributed by atoms with Crippen molar-refractivity contribution in [3.05, 3.63) is 81.9 Å². The standard InChI is InChI=1S/C20H19N3O/c1-3-19-21-22(13-15-7-5-4-6-8-15)20(24)18-12-16-11-14(2)9-10-17(16)23(18)19/h4-12H,3,13H2,1-2H3. The average Bonchev–Trinajstić information content (AvgIpc) is 2.97. The number of hydrogen-bond donors (Lipinski definition) is 0. The SMILES string of the molecule is CCc1nn(Cc2ccccc2)c(=O)c2cc3cc(C)ccc3n12. The predicted molar refractivity (Wildman–Crippen MR) is 96.6 cm³/mol. The van der Waals surface area contributed by atoms with Gasteiger partial charge in [0.1, 0.15) is 11.3 Å². The van der Waals surface area contributed by atoms with Crippen molar-refractivity contribution in [2.75, 3.05) is 0 Å². The van der Waals surface area contributed by atoms with Gasteiger partial charge in [0.15, 0.2) is 0 Å². The van der Waals surface area contributed by atoms with Gasteiger partial charge in [-0.2, -0.15) is 5.10 Å². The van der Waals surface area contributed by atoms with E-state index >= 15 is 0 Å². The molecule has 24 heavy (non-hydrogen) atoms. The van der Waals surface area contributed by atoms with E-state index in [-0.39, 0.29) is 5.56 Å². The maximum Gasteiger partial charge on any atom is 0.291 e. The molecule has 4 heteroatoms. The molecule has 0 saturated carbocycles. The van der Waals surface area contributed by atoms with Crippen LogP contribution in [0.1, 0.15) is 23.9 Å². The van der Waals surface area contributed by atoms with Crippen LogP contribution in [-0.4, -0.2) is 14.2 Å². The Labute approximate surface area is 140 Å². The minimum Gasteiger partial charge on any atom is -0.291 e. The van der Waals surface area contributed by atoms with E-state index in [0.29, 0.717) is 12.1 Å². The Morgan fingerprint density at radius 3 is 2.54 bits per heavy atom. The Kier molecular flexibility index (Phi) is 3.45. The van der Waals surface area contributed by atoms with Crippen molar-refractivity contribution in [1.29, 1.82) is 0 Å². The van der Waals surface area contributed by atoms with Crippen molar-refractivity contribution >= 4 is 16.4 Å². The Morgan fingerprint density at radius 2 is 1.79 bits per heavy atom. The summed E-state index contributed by atoms with van der Waals surface area (Å²) >= 11 is 0. The molecular weight excluding hydrogens is 298 g/mol. The number of nitrogens with zero attached hydrogens (tertiary/aromatic N) is 3. The van der Waals surface area contributed by atoms with Gasteiger partial charge in [-0.1, -0.05) is 48.9 Å². The molecule has 4 aromatic rings. The molecule has 120 valence electrons. The molecule has 2 heterocycles. The summed E-state index contributed by atoms with van der Waals surface area (Å²) in [4.78, 5) is 12.9. The molecule has 0 fully saturated rings. The summed E-state index contributed by atoms with van der Waals surface area (Å²) in [5.41, 5.74) is 3.95. The van der Waals surface area contributed by atoms with Gasteiger partial charge in [-0.3, -0.25) is 9.20 Å². The summed E-state index contributed by atoms with van der Waals surface area (Å²) in [5, 5.41) is 5.71. The molecule has 0 radical (unpaired) electrons. The molecule has 2 aromatic carbocycles. The zero-order valence-electron chi connectivity index (χ0n) is 13.9. The van der Waals surface area contributed by atoms with Crippen LogP contribution in [0.2, 0.25) is 0 Å². The van der Waals surface area contributed by atoms with Crippen LogP contribution < -0.4 is 5.56 Å². The molecule has 0 amide bonds. The van der Waals surface area contributed by atoms with Crippen LogP contribution in [0.25, 0.3) is 16.4 Å². The lowest BCUT2D eigenvalue weighted by molar-refractivity contribution is 0.605. The molecule has 0 N–H and O–H groups in total. The van der Waals surface area contributed by atoms with Gasteiger partial charge >= 0.3 is 0 Å². The van der Waals surface area contributed by atoms with Gasteiger partial charge in [0.05, 0.1) is 12.1 Å². The maximum atomic E-state index is 12.9.